The topological polar surface area (TPSA) is 118 Å². The van der Waals surface area contributed by atoms with E-state index in [9.17, 15) is 8.42 Å². The molecular formula is C20H24N6O3S. The van der Waals surface area contributed by atoms with Gasteiger partial charge in [0.1, 0.15) is 17.4 Å². The second-order valence-electron chi connectivity index (χ2n) is 6.32. The first kappa shape index (κ1) is 21.5. The average Bonchev–Trinajstić information content (AvgIpc) is 2.73. The summed E-state index contributed by atoms with van der Waals surface area (Å²) in [6, 6.07) is 15.5. The third-order valence-electron chi connectivity index (χ3n) is 3.98. The molecule has 0 aliphatic heterocycles. The lowest BCUT2D eigenvalue weighted by Crippen LogP contribution is -2.29. The molecule has 0 atom stereocenters. The fraction of sp³-hybridized carbons (Fsp3) is 0.250. The standard InChI is InChI=1S/C20H24N6O3S/c1-3-29-16-7-9-17(10-8-16)30(27,28)22-14-13-21-18-11-12-20(26-25-18)24-19-6-4-5-15(2)23-19/h4-12,22H,3,13-14H2,1-2H3,(H,21,25)(H,23,24,26). The number of benzene rings is 1. The van der Waals surface area contributed by atoms with Gasteiger partial charge in [-0.3, -0.25) is 0 Å². The predicted octanol–water partition coefficient (Wildman–Crippen LogP) is 2.71. The first-order valence-corrected chi connectivity index (χ1v) is 11.0. The van der Waals surface area contributed by atoms with Crippen molar-refractivity contribution in [2.24, 2.45) is 0 Å². The van der Waals surface area contributed by atoms with Gasteiger partial charge in [0.2, 0.25) is 10.0 Å². The van der Waals surface area contributed by atoms with Crippen LogP contribution in [0.4, 0.5) is 17.5 Å². The van der Waals surface area contributed by atoms with Crippen molar-refractivity contribution in [3.63, 3.8) is 0 Å². The summed E-state index contributed by atoms with van der Waals surface area (Å²) < 4.78 is 32.5. The average molecular weight is 429 g/mol. The van der Waals surface area contributed by atoms with Gasteiger partial charge in [-0.25, -0.2) is 18.1 Å². The Kier molecular flexibility index (Phi) is 7.15. The molecule has 3 aromatic rings. The van der Waals surface area contributed by atoms with Crippen molar-refractivity contribution in [1.82, 2.24) is 19.9 Å². The molecule has 2 heterocycles. The van der Waals surface area contributed by atoms with Gasteiger partial charge in [-0.15, -0.1) is 10.2 Å². The summed E-state index contributed by atoms with van der Waals surface area (Å²) in [5.41, 5.74) is 0.902. The Hall–Kier alpha value is -3.24. The molecule has 0 amide bonds. The summed E-state index contributed by atoms with van der Waals surface area (Å²) in [7, 11) is -3.59. The SMILES string of the molecule is CCOc1ccc(S(=O)(=O)NCCNc2ccc(Nc3cccc(C)n3)nn2)cc1. The molecule has 3 rings (SSSR count). The first-order valence-electron chi connectivity index (χ1n) is 9.47. The molecule has 0 saturated heterocycles. The largest absolute Gasteiger partial charge is 0.494 e. The van der Waals surface area contributed by atoms with E-state index in [0.29, 0.717) is 36.4 Å². The van der Waals surface area contributed by atoms with Crippen LogP contribution >= 0.6 is 0 Å². The molecule has 2 aromatic heterocycles. The molecule has 0 fully saturated rings. The van der Waals surface area contributed by atoms with Crippen LogP contribution in [-0.4, -0.2) is 43.3 Å². The summed E-state index contributed by atoms with van der Waals surface area (Å²) in [6.07, 6.45) is 0. The van der Waals surface area contributed by atoms with Crippen molar-refractivity contribution in [3.8, 4) is 5.75 Å². The quantitative estimate of drug-likeness (QED) is 0.422. The van der Waals surface area contributed by atoms with Gasteiger partial charge in [-0.05, 0) is 62.4 Å². The van der Waals surface area contributed by atoms with Gasteiger partial charge < -0.3 is 15.4 Å². The maximum atomic E-state index is 12.3. The fourth-order valence-corrected chi connectivity index (χ4v) is 3.61. The predicted molar refractivity (Wildman–Crippen MR) is 116 cm³/mol. The molecule has 0 saturated carbocycles. The van der Waals surface area contributed by atoms with Crippen molar-refractivity contribution in [2.45, 2.75) is 18.7 Å². The lowest BCUT2D eigenvalue weighted by molar-refractivity contribution is 0.340. The molecule has 10 heteroatoms. The molecule has 0 bridgehead atoms. The summed E-state index contributed by atoms with van der Waals surface area (Å²) in [5.74, 6) is 2.43. The van der Waals surface area contributed by atoms with E-state index in [1.165, 1.54) is 12.1 Å². The Bertz CT molecular complexity index is 1060. The van der Waals surface area contributed by atoms with Gasteiger partial charge >= 0.3 is 0 Å². The highest BCUT2D eigenvalue weighted by Gasteiger charge is 2.13. The highest BCUT2D eigenvalue weighted by Crippen LogP contribution is 2.16. The Morgan fingerprint density at radius 1 is 0.900 bits per heavy atom. The molecule has 158 valence electrons. The Morgan fingerprint density at radius 3 is 2.30 bits per heavy atom. The maximum absolute atomic E-state index is 12.3. The molecule has 0 spiro atoms. The van der Waals surface area contributed by atoms with Crippen molar-refractivity contribution in [3.05, 3.63) is 60.3 Å². The highest BCUT2D eigenvalue weighted by atomic mass is 32.2. The first-order chi connectivity index (χ1) is 14.5. The fourth-order valence-electron chi connectivity index (χ4n) is 2.58. The number of pyridine rings is 1. The third kappa shape index (κ3) is 6.13. The molecule has 3 N–H and O–H groups in total. The number of hydrogen-bond acceptors (Lipinski definition) is 8. The minimum atomic E-state index is -3.59. The summed E-state index contributed by atoms with van der Waals surface area (Å²) in [6.45, 7) is 4.86. The third-order valence-corrected chi connectivity index (χ3v) is 5.45. The summed E-state index contributed by atoms with van der Waals surface area (Å²) >= 11 is 0. The van der Waals surface area contributed by atoms with E-state index in [2.05, 4.69) is 30.5 Å². The maximum Gasteiger partial charge on any atom is 0.240 e. The number of rotatable bonds is 10. The van der Waals surface area contributed by atoms with Crippen LogP contribution in [0.1, 0.15) is 12.6 Å². The Morgan fingerprint density at radius 2 is 1.63 bits per heavy atom. The number of sulfonamides is 1. The zero-order valence-electron chi connectivity index (χ0n) is 16.8. The monoisotopic (exact) mass is 428 g/mol. The molecule has 9 nitrogen and oxygen atoms in total. The van der Waals surface area contributed by atoms with Crippen LogP contribution in [0.15, 0.2) is 59.5 Å². The van der Waals surface area contributed by atoms with Crippen LogP contribution in [0.3, 0.4) is 0 Å². The van der Waals surface area contributed by atoms with Crippen molar-refractivity contribution >= 4 is 27.5 Å². The number of anilines is 3. The van der Waals surface area contributed by atoms with Crippen molar-refractivity contribution in [2.75, 3.05) is 30.3 Å². The smallest absolute Gasteiger partial charge is 0.240 e. The van der Waals surface area contributed by atoms with Gasteiger partial charge in [0.15, 0.2) is 5.82 Å². The van der Waals surface area contributed by atoms with Crippen LogP contribution in [-0.2, 0) is 10.0 Å². The van der Waals surface area contributed by atoms with Crippen LogP contribution < -0.4 is 20.1 Å². The Balaban J connectivity index is 1.46. The molecule has 0 radical (unpaired) electrons. The summed E-state index contributed by atoms with van der Waals surface area (Å²) in [5, 5.41) is 14.3. The lowest BCUT2D eigenvalue weighted by Gasteiger charge is -2.09. The minimum absolute atomic E-state index is 0.186. The lowest BCUT2D eigenvalue weighted by atomic mass is 10.3. The van der Waals surface area contributed by atoms with Crippen LogP contribution in [0.2, 0.25) is 0 Å². The van der Waals surface area contributed by atoms with E-state index in [4.69, 9.17) is 4.74 Å². The van der Waals surface area contributed by atoms with E-state index in [0.717, 1.165) is 5.69 Å². The number of nitrogens with zero attached hydrogens (tertiary/aromatic N) is 3. The van der Waals surface area contributed by atoms with Crippen molar-refractivity contribution in [1.29, 1.82) is 0 Å². The molecule has 0 aliphatic carbocycles. The van der Waals surface area contributed by atoms with E-state index in [1.807, 2.05) is 32.0 Å². The number of nitrogens with one attached hydrogen (secondary N) is 3. The molecule has 30 heavy (non-hydrogen) atoms. The molecular weight excluding hydrogens is 404 g/mol. The number of aromatic nitrogens is 3. The van der Waals surface area contributed by atoms with Crippen LogP contribution in [0.5, 0.6) is 5.75 Å². The van der Waals surface area contributed by atoms with Crippen LogP contribution in [0, 0.1) is 6.92 Å². The van der Waals surface area contributed by atoms with Gasteiger partial charge in [0.25, 0.3) is 0 Å². The highest BCUT2D eigenvalue weighted by molar-refractivity contribution is 7.89. The zero-order valence-corrected chi connectivity index (χ0v) is 17.6. The van der Waals surface area contributed by atoms with E-state index >= 15 is 0 Å². The summed E-state index contributed by atoms with van der Waals surface area (Å²) in [4.78, 5) is 4.53. The van der Waals surface area contributed by atoms with Gasteiger partial charge in [-0.2, -0.15) is 0 Å². The molecule has 1 aromatic carbocycles. The minimum Gasteiger partial charge on any atom is -0.494 e. The van der Waals surface area contributed by atoms with Gasteiger partial charge in [-0.1, -0.05) is 6.07 Å². The van der Waals surface area contributed by atoms with Gasteiger partial charge in [0, 0.05) is 18.8 Å². The number of hydrogen-bond donors (Lipinski definition) is 3. The number of ether oxygens (including phenoxy) is 1. The molecule has 0 aliphatic rings. The zero-order chi connectivity index (χ0) is 21.4. The van der Waals surface area contributed by atoms with Crippen LogP contribution in [0.25, 0.3) is 0 Å². The number of aryl methyl sites for hydroxylation is 1. The van der Waals surface area contributed by atoms with Crippen molar-refractivity contribution < 1.29 is 13.2 Å². The van der Waals surface area contributed by atoms with E-state index in [-0.39, 0.29) is 11.4 Å². The second kappa shape index (κ2) is 9.99. The van der Waals surface area contributed by atoms with E-state index < -0.39 is 10.0 Å². The van der Waals surface area contributed by atoms with E-state index in [1.54, 1.807) is 24.3 Å². The molecule has 0 unspecified atom stereocenters. The van der Waals surface area contributed by atoms with Gasteiger partial charge in [0.05, 0.1) is 11.5 Å². The Labute approximate surface area is 176 Å². The normalized spacial score (nSPS) is 11.1. The second-order valence-corrected chi connectivity index (χ2v) is 8.09.